The van der Waals surface area contributed by atoms with E-state index >= 15 is 0 Å². The molecule has 18 heavy (non-hydrogen) atoms. The van der Waals surface area contributed by atoms with E-state index in [1.807, 2.05) is 0 Å². The van der Waals surface area contributed by atoms with Crippen molar-refractivity contribution in [3.63, 3.8) is 0 Å². The van der Waals surface area contributed by atoms with Crippen molar-refractivity contribution in [1.29, 1.82) is 5.26 Å². The van der Waals surface area contributed by atoms with E-state index in [4.69, 9.17) is 28.5 Å². The van der Waals surface area contributed by atoms with Gasteiger partial charge < -0.3 is 0 Å². The molecule has 1 aromatic heterocycles. The first-order valence-electron chi connectivity index (χ1n) is 4.62. The molecule has 0 spiro atoms. The van der Waals surface area contributed by atoms with Gasteiger partial charge in [0.1, 0.15) is 6.07 Å². The third kappa shape index (κ3) is 2.34. The van der Waals surface area contributed by atoms with Gasteiger partial charge in [-0.3, -0.25) is 10.1 Å². The second-order valence-electron chi connectivity index (χ2n) is 3.26. The van der Waals surface area contributed by atoms with Gasteiger partial charge in [0.05, 0.1) is 14.3 Å². The van der Waals surface area contributed by atoms with Gasteiger partial charge in [0, 0.05) is 11.1 Å². The number of hydrogen-bond donors (Lipinski definition) is 1. The highest BCUT2D eigenvalue weighted by Gasteiger charge is 2.21. The van der Waals surface area contributed by atoms with E-state index in [2.05, 4.69) is 4.98 Å². The van der Waals surface area contributed by atoms with Gasteiger partial charge in [0.2, 0.25) is 5.69 Å². The lowest BCUT2D eigenvalue weighted by Crippen LogP contribution is -1.97. The molecule has 0 saturated carbocycles. The minimum Gasteiger partial charge on any atom is -0.258 e. The summed E-state index contributed by atoms with van der Waals surface area (Å²) in [5.41, 5.74) is -0.536. The maximum absolute atomic E-state index is 10.7. The first kappa shape index (κ1) is 12.9. The van der Waals surface area contributed by atoms with Crippen LogP contribution in [0.2, 0.25) is 0 Å². The quantitative estimate of drug-likeness (QED) is 0.516. The minimum absolute atomic E-state index is 0.221. The van der Waals surface area contributed by atoms with Crippen molar-refractivity contribution in [3.8, 4) is 6.07 Å². The van der Waals surface area contributed by atoms with Crippen LogP contribution in [0.5, 0.6) is 0 Å². The van der Waals surface area contributed by atoms with Crippen LogP contribution >= 0.6 is 34.1 Å². The molecule has 0 radical (unpaired) electrons. The summed E-state index contributed by atoms with van der Waals surface area (Å²) in [5.74, 6) is 0. The lowest BCUT2D eigenvalue weighted by molar-refractivity contribution is -0.385. The van der Waals surface area contributed by atoms with Gasteiger partial charge in [-0.15, -0.1) is 0 Å². The van der Waals surface area contributed by atoms with E-state index in [0.29, 0.717) is 14.4 Å². The summed E-state index contributed by atoms with van der Waals surface area (Å²) in [7, 11) is -1.05. The molecule has 0 saturated heterocycles. The van der Waals surface area contributed by atoms with Crippen molar-refractivity contribution >= 4 is 39.8 Å². The van der Waals surface area contributed by atoms with Crippen LogP contribution in [0.1, 0.15) is 5.69 Å². The first-order valence-corrected chi connectivity index (χ1v) is 6.79. The standard InChI is InChI=1S/C10H5Cl2N3O2S/c11-6-3-9(12)18(5-6)10-2-1-8(15(16)17)7(4-13)14-10/h1-3,5,18H. The van der Waals surface area contributed by atoms with Gasteiger partial charge in [-0.1, -0.05) is 23.2 Å². The molecule has 2 rings (SSSR count). The van der Waals surface area contributed by atoms with Crippen LogP contribution in [0.4, 0.5) is 5.69 Å². The molecule has 1 unspecified atom stereocenters. The molecule has 0 amide bonds. The van der Waals surface area contributed by atoms with Crippen molar-refractivity contribution in [2.45, 2.75) is 5.03 Å². The fourth-order valence-corrected chi connectivity index (χ4v) is 3.96. The minimum atomic E-state index is -1.05. The Morgan fingerprint density at radius 1 is 1.44 bits per heavy atom. The lowest BCUT2D eigenvalue weighted by atomic mass is 10.3. The molecule has 8 heteroatoms. The third-order valence-electron chi connectivity index (χ3n) is 2.15. The van der Waals surface area contributed by atoms with Crippen molar-refractivity contribution in [2.24, 2.45) is 0 Å². The Kier molecular flexibility index (Phi) is 3.57. The Balaban J connectivity index is 2.47. The number of nitrogens with zero attached hydrogens (tertiary/aromatic N) is 3. The smallest absolute Gasteiger partial charge is 0.258 e. The Morgan fingerprint density at radius 2 is 2.17 bits per heavy atom. The number of aromatic nitrogens is 1. The average molecular weight is 302 g/mol. The number of thiol groups is 1. The SMILES string of the molecule is N#Cc1nc([SH]2C=C(Cl)C=C2Cl)ccc1[N+](=O)[O-]. The van der Waals surface area contributed by atoms with E-state index in [1.54, 1.807) is 17.6 Å². The van der Waals surface area contributed by atoms with Crippen molar-refractivity contribution < 1.29 is 4.92 Å². The number of hydrogen-bond acceptors (Lipinski definition) is 4. The summed E-state index contributed by atoms with van der Waals surface area (Å²) in [6.45, 7) is 0. The van der Waals surface area contributed by atoms with Crippen LogP contribution in [0.3, 0.4) is 0 Å². The predicted octanol–water partition coefficient (Wildman–Crippen LogP) is 3.40. The van der Waals surface area contributed by atoms with Gasteiger partial charge in [-0.2, -0.15) is 16.2 Å². The summed E-state index contributed by atoms with van der Waals surface area (Å²) in [6, 6.07) is 4.46. The largest absolute Gasteiger partial charge is 0.305 e. The van der Waals surface area contributed by atoms with E-state index in [9.17, 15) is 10.1 Å². The van der Waals surface area contributed by atoms with Gasteiger partial charge in [-0.05, 0) is 17.6 Å². The van der Waals surface area contributed by atoms with Crippen LogP contribution in [0.25, 0.3) is 0 Å². The van der Waals surface area contributed by atoms with E-state index in [-0.39, 0.29) is 11.4 Å². The Hall–Kier alpha value is -1.55. The van der Waals surface area contributed by atoms with Gasteiger partial charge in [-0.25, -0.2) is 4.98 Å². The molecular formula is C10H5Cl2N3O2S. The van der Waals surface area contributed by atoms with E-state index < -0.39 is 15.8 Å². The van der Waals surface area contributed by atoms with Crippen molar-refractivity contribution in [2.75, 3.05) is 0 Å². The maximum Gasteiger partial charge on any atom is 0.305 e. The number of allylic oxidation sites excluding steroid dienone is 2. The normalized spacial score (nSPS) is 19.9. The molecule has 0 bridgehead atoms. The summed E-state index contributed by atoms with van der Waals surface area (Å²) >= 11 is 11.8. The monoisotopic (exact) mass is 301 g/mol. The highest BCUT2D eigenvalue weighted by Crippen LogP contribution is 2.52. The third-order valence-corrected chi connectivity index (χ3v) is 5.04. The van der Waals surface area contributed by atoms with Crippen LogP contribution in [-0.2, 0) is 0 Å². The Morgan fingerprint density at radius 3 is 2.67 bits per heavy atom. The molecule has 0 aliphatic carbocycles. The van der Waals surface area contributed by atoms with E-state index in [1.165, 1.54) is 12.1 Å². The van der Waals surface area contributed by atoms with Crippen molar-refractivity contribution in [1.82, 2.24) is 4.98 Å². The molecule has 0 fully saturated rings. The zero-order valence-electron chi connectivity index (χ0n) is 8.67. The topological polar surface area (TPSA) is 79.8 Å². The first-order chi connectivity index (χ1) is 8.52. The highest BCUT2D eigenvalue weighted by molar-refractivity contribution is 8.24. The van der Waals surface area contributed by atoms with Crippen LogP contribution in [0.15, 0.2) is 38.0 Å². The van der Waals surface area contributed by atoms with Gasteiger partial charge in [0.25, 0.3) is 0 Å². The molecule has 1 aliphatic heterocycles. The number of halogens is 2. The second-order valence-corrected chi connectivity index (χ2v) is 6.30. The van der Waals surface area contributed by atoms with Gasteiger partial charge in [0.15, 0.2) is 0 Å². The highest BCUT2D eigenvalue weighted by atomic mass is 35.5. The lowest BCUT2D eigenvalue weighted by Gasteiger charge is -2.12. The molecule has 2 heterocycles. The van der Waals surface area contributed by atoms with Gasteiger partial charge >= 0.3 is 5.69 Å². The van der Waals surface area contributed by atoms with Crippen molar-refractivity contribution in [3.05, 3.63) is 48.8 Å². The molecular weight excluding hydrogens is 297 g/mol. The molecule has 0 N–H and O–H groups in total. The predicted molar refractivity (Wildman–Crippen MR) is 70.7 cm³/mol. The average Bonchev–Trinajstić information content (AvgIpc) is 2.67. The second kappa shape index (κ2) is 4.98. The van der Waals surface area contributed by atoms with Crippen LogP contribution in [0, 0.1) is 21.4 Å². The molecule has 5 nitrogen and oxygen atoms in total. The zero-order chi connectivity index (χ0) is 13.3. The summed E-state index contributed by atoms with van der Waals surface area (Å²) in [6.07, 6.45) is 1.60. The Bertz CT molecular complexity index is 637. The molecule has 1 aliphatic rings. The molecule has 0 aromatic carbocycles. The molecule has 92 valence electrons. The summed E-state index contributed by atoms with van der Waals surface area (Å²) < 4.78 is 0.528. The molecule has 1 atom stereocenters. The number of pyridine rings is 1. The molecule has 1 aromatic rings. The number of nitriles is 1. The number of nitro groups is 1. The van der Waals surface area contributed by atoms with Crippen LogP contribution in [-0.4, -0.2) is 9.91 Å². The van der Waals surface area contributed by atoms with Crippen LogP contribution < -0.4 is 0 Å². The summed E-state index contributed by atoms with van der Waals surface area (Å²) in [4.78, 5) is 14.0. The number of rotatable bonds is 2. The fourth-order valence-electron chi connectivity index (χ4n) is 1.39. The van der Waals surface area contributed by atoms with E-state index in [0.717, 1.165) is 0 Å². The fraction of sp³-hybridized carbons (Fsp3) is 0. The summed E-state index contributed by atoms with van der Waals surface area (Å²) in [5, 5.41) is 22.3. The Labute approximate surface area is 115 Å². The maximum atomic E-state index is 10.7. The zero-order valence-corrected chi connectivity index (χ0v) is 11.1.